The van der Waals surface area contributed by atoms with Crippen molar-refractivity contribution >= 4 is 22.4 Å². The molecule has 5 aromatic rings. The summed E-state index contributed by atoms with van der Waals surface area (Å²) in [6, 6.07) is 6.21. The highest BCUT2D eigenvalue weighted by atomic mass is 16.5. The van der Waals surface area contributed by atoms with Crippen LogP contribution in [-0.2, 0) is 0 Å². The standard InChI is InChI=1S/C21H22N10O/c1-2-32-15-8-16(19-17-10-23-24-21(17)27-31(19)12-15)13-5-6-18(22-9-13)30-7-3-4-14(11-30)20-25-28-29-26-20/h5-6,8-10,12,14H,2-4,7,11H2,1H3,(H,24,27)(H,25,26,28,29)/t14-/m0/s1. The van der Waals surface area contributed by atoms with E-state index in [1.54, 1.807) is 6.20 Å². The van der Waals surface area contributed by atoms with Crippen LogP contribution in [0.15, 0.2) is 36.8 Å². The van der Waals surface area contributed by atoms with Crippen molar-refractivity contribution in [2.45, 2.75) is 25.7 Å². The first-order valence-corrected chi connectivity index (χ1v) is 10.7. The second kappa shape index (κ2) is 7.59. The molecule has 0 aromatic carbocycles. The summed E-state index contributed by atoms with van der Waals surface area (Å²) in [5.41, 5.74) is 3.72. The van der Waals surface area contributed by atoms with Gasteiger partial charge in [-0.1, -0.05) is 0 Å². The van der Waals surface area contributed by atoms with Gasteiger partial charge in [-0.2, -0.15) is 5.10 Å². The zero-order chi connectivity index (χ0) is 21.5. The van der Waals surface area contributed by atoms with Gasteiger partial charge in [0.2, 0.25) is 0 Å². The topological polar surface area (TPSA) is 126 Å². The van der Waals surface area contributed by atoms with Gasteiger partial charge in [0.1, 0.15) is 11.6 Å². The fourth-order valence-corrected chi connectivity index (χ4v) is 4.49. The molecule has 0 unspecified atom stereocenters. The molecule has 11 nitrogen and oxygen atoms in total. The molecule has 0 saturated carbocycles. The maximum atomic E-state index is 5.78. The highest BCUT2D eigenvalue weighted by molar-refractivity contribution is 6.00. The van der Waals surface area contributed by atoms with Gasteiger partial charge in [0.15, 0.2) is 11.5 Å². The summed E-state index contributed by atoms with van der Waals surface area (Å²) in [5, 5.41) is 27.1. The van der Waals surface area contributed by atoms with Gasteiger partial charge in [-0.15, -0.1) is 10.2 Å². The molecule has 1 aliphatic heterocycles. The van der Waals surface area contributed by atoms with Crippen LogP contribution in [0, 0.1) is 0 Å². The van der Waals surface area contributed by atoms with Crippen LogP contribution in [0.5, 0.6) is 5.75 Å². The molecule has 0 aliphatic carbocycles. The Labute approximate surface area is 182 Å². The Morgan fingerprint density at radius 2 is 2.19 bits per heavy atom. The summed E-state index contributed by atoms with van der Waals surface area (Å²) in [4.78, 5) is 7.09. The van der Waals surface area contributed by atoms with E-state index in [-0.39, 0.29) is 5.92 Å². The van der Waals surface area contributed by atoms with E-state index in [4.69, 9.17) is 9.72 Å². The monoisotopic (exact) mass is 430 g/mol. The van der Waals surface area contributed by atoms with Gasteiger partial charge >= 0.3 is 0 Å². The summed E-state index contributed by atoms with van der Waals surface area (Å²) in [7, 11) is 0. The van der Waals surface area contributed by atoms with E-state index >= 15 is 0 Å². The van der Waals surface area contributed by atoms with E-state index < -0.39 is 0 Å². The molecule has 0 spiro atoms. The third-order valence-corrected chi connectivity index (χ3v) is 5.97. The molecule has 0 bridgehead atoms. The number of nitrogens with one attached hydrogen (secondary N) is 2. The van der Waals surface area contributed by atoms with Crippen LogP contribution >= 0.6 is 0 Å². The maximum absolute atomic E-state index is 5.78. The lowest BCUT2D eigenvalue weighted by atomic mass is 9.97. The quantitative estimate of drug-likeness (QED) is 0.436. The molecule has 32 heavy (non-hydrogen) atoms. The number of rotatable bonds is 5. The van der Waals surface area contributed by atoms with Gasteiger partial charge in [0.05, 0.1) is 29.9 Å². The number of hydrogen-bond acceptors (Lipinski definition) is 8. The molecule has 2 N–H and O–H groups in total. The number of piperidine rings is 1. The van der Waals surface area contributed by atoms with Crippen molar-refractivity contribution in [1.82, 2.24) is 45.4 Å². The van der Waals surface area contributed by atoms with Crippen LogP contribution in [0.1, 0.15) is 31.5 Å². The Bertz CT molecular complexity index is 1360. The highest BCUT2D eigenvalue weighted by Gasteiger charge is 2.25. The molecule has 162 valence electrons. The average Bonchev–Trinajstić information content (AvgIpc) is 3.57. The molecule has 0 amide bonds. The minimum absolute atomic E-state index is 0.281. The van der Waals surface area contributed by atoms with E-state index in [2.05, 4.69) is 53.0 Å². The second-order valence-electron chi connectivity index (χ2n) is 7.92. The molecule has 6 heterocycles. The highest BCUT2D eigenvalue weighted by Crippen LogP contribution is 2.34. The van der Waals surface area contributed by atoms with Crippen molar-refractivity contribution in [1.29, 1.82) is 0 Å². The molecule has 11 heteroatoms. The molecular formula is C21H22N10O. The number of tetrazole rings is 1. The van der Waals surface area contributed by atoms with Crippen LogP contribution in [0.25, 0.3) is 27.7 Å². The van der Waals surface area contributed by atoms with Gasteiger partial charge in [-0.05, 0) is 48.4 Å². The van der Waals surface area contributed by atoms with Crippen molar-refractivity contribution < 1.29 is 4.74 Å². The molecule has 5 aromatic heterocycles. The normalized spacial score (nSPS) is 16.8. The van der Waals surface area contributed by atoms with Crippen LogP contribution in [0.3, 0.4) is 0 Å². The van der Waals surface area contributed by atoms with Gasteiger partial charge in [-0.25, -0.2) is 14.6 Å². The van der Waals surface area contributed by atoms with E-state index in [9.17, 15) is 0 Å². The Morgan fingerprint density at radius 1 is 1.22 bits per heavy atom. The number of H-pyrrole nitrogens is 2. The summed E-state index contributed by atoms with van der Waals surface area (Å²) in [5.74, 6) is 2.83. The van der Waals surface area contributed by atoms with E-state index in [1.165, 1.54) is 0 Å². The summed E-state index contributed by atoms with van der Waals surface area (Å²) >= 11 is 0. The van der Waals surface area contributed by atoms with Crippen molar-refractivity contribution in [2.24, 2.45) is 0 Å². The van der Waals surface area contributed by atoms with Gasteiger partial charge in [0, 0.05) is 36.3 Å². The third-order valence-electron chi connectivity index (χ3n) is 5.97. The van der Waals surface area contributed by atoms with Crippen molar-refractivity contribution in [3.63, 3.8) is 0 Å². The van der Waals surface area contributed by atoms with Crippen molar-refractivity contribution in [3.05, 3.63) is 42.6 Å². The SMILES string of the molecule is CCOc1cc(-c2ccc(N3CCC[C@H](c4nnn[nH]4)C3)nc2)c2c3cn[nH]c3nn2c1. The van der Waals surface area contributed by atoms with E-state index in [0.29, 0.717) is 6.61 Å². The smallest absolute Gasteiger partial charge is 0.178 e. The Balaban J connectivity index is 1.35. The van der Waals surface area contributed by atoms with Crippen LogP contribution in [0.4, 0.5) is 5.82 Å². The number of fused-ring (bicyclic) bond motifs is 3. The number of ether oxygens (including phenoxy) is 1. The first kappa shape index (κ1) is 18.7. The largest absolute Gasteiger partial charge is 0.492 e. The van der Waals surface area contributed by atoms with Gasteiger partial charge in [0.25, 0.3) is 0 Å². The van der Waals surface area contributed by atoms with Gasteiger partial charge < -0.3 is 9.64 Å². The number of aromatic amines is 2. The molecular weight excluding hydrogens is 408 g/mol. The zero-order valence-electron chi connectivity index (χ0n) is 17.6. The fraction of sp³-hybridized carbons (Fsp3) is 0.333. The van der Waals surface area contributed by atoms with Crippen LogP contribution in [-0.4, -0.2) is 65.1 Å². The maximum Gasteiger partial charge on any atom is 0.178 e. The lowest BCUT2D eigenvalue weighted by Gasteiger charge is -2.32. The number of aromatic nitrogens is 9. The lowest BCUT2D eigenvalue weighted by Crippen LogP contribution is -2.35. The number of hydrogen-bond donors (Lipinski definition) is 2. The average molecular weight is 430 g/mol. The third kappa shape index (κ3) is 3.13. The summed E-state index contributed by atoms with van der Waals surface area (Å²) in [6.45, 7) is 4.36. The molecule has 6 rings (SSSR count). The number of anilines is 1. The molecule has 1 atom stereocenters. The van der Waals surface area contributed by atoms with Crippen molar-refractivity contribution in [3.8, 4) is 16.9 Å². The van der Waals surface area contributed by atoms with Gasteiger partial charge in [-0.3, -0.25) is 5.10 Å². The second-order valence-corrected chi connectivity index (χ2v) is 7.92. The molecule has 1 aliphatic rings. The Morgan fingerprint density at radius 3 is 3.00 bits per heavy atom. The fourth-order valence-electron chi connectivity index (χ4n) is 4.49. The number of pyridine rings is 2. The van der Waals surface area contributed by atoms with Crippen LogP contribution < -0.4 is 9.64 Å². The Hall–Kier alpha value is -4.02. The summed E-state index contributed by atoms with van der Waals surface area (Å²) < 4.78 is 7.63. The minimum atomic E-state index is 0.281. The van der Waals surface area contributed by atoms with E-state index in [1.807, 2.05) is 29.9 Å². The molecule has 1 saturated heterocycles. The lowest BCUT2D eigenvalue weighted by molar-refractivity contribution is 0.338. The van der Waals surface area contributed by atoms with Crippen molar-refractivity contribution in [2.75, 3.05) is 24.6 Å². The first-order chi connectivity index (χ1) is 15.8. The Kier molecular flexibility index (Phi) is 4.44. The summed E-state index contributed by atoms with van der Waals surface area (Å²) in [6.07, 6.45) is 7.74. The zero-order valence-corrected chi connectivity index (χ0v) is 17.6. The predicted molar refractivity (Wildman–Crippen MR) is 118 cm³/mol. The molecule has 0 radical (unpaired) electrons. The minimum Gasteiger partial charge on any atom is -0.492 e. The number of nitrogens with zero attached hydrogens (tertiary/aromatic N) is 8. The predicted octanol–water partition coefficient (Wildman–Crippen LogP) is 2.57. The molecule has 1 fully saturated rings. The van der Waals surface area contributed by atoms with Crippen LogP contribution in [0.2, 0.25) is 0 Å². The van der Waals surface area contributed by atoms with E-state index in [0.717, 1.165) is 71.0 Å². The first-order valence-electron chi connectivity index (χ1n) is 10.7.